The molecule has 1 unspecified atom stereocenters. The molecule has 3 heterocycles. The van der Waals surface area contributed by atoms with E-state index in [1.807, 2.05) is 11.6 Å². The van der Waals surface area contributed by atoms with Crippen LogP contribution in [0.4, 0.5) is 13.2 Å². The predicted octanol–water partition coefficient (Wildman–Crippen LogP) is 2.46. The highest BCUT2D eigenvalue weighted by Crippen LogP contribution is 2.28. The van der Waals surface area contributed by atoms with Crippen LogP contribution in [0.3, 0.4) is 0 Å². The number of hydrogen-bond acceptors (Lipinski definition) is 4. The van der Waals surface area contributed by atoms with Gasteiger partial charge in [0.25, 0.3) is 5.91 Å². The Hall–Kier alpha value is -1.84. The van der Waals surface area contributed by atoms with Gasteiger partial charge in [0, 0.05) is 45.3 Å². The molecule has 3 rings (SSSR count). The minimum atomic E-state index is -4.52. The van der Waals surface area contributed by atoms with Gasteiger partial charge in [0.15, 0.2) is 0 Å². The van der Waals surface area contributed by atoms with Gasteiger partial charge < -0.3 is 14.8 Å². The van der Waals surface area contributed by atoms with E-state index in [1.165, 1.54) is 0 Å². The molecule has 1 saturated heterocycles. The van der Waals surface area contributed by atoms with Gasteiger partial charge in [-0.2, -0.15) is 13.2 Å². The number of aryl methyl sites for hydroxylation is 1. The van der Waals surface area contributed by atoms with Crippen LogP contribution in [-0.2, 0) is 13.2 Å². The van der Waals surface area contributed by atoms with Crippen molar-refractivity contribution in [2.45, 2.75) is 12.2 Å². The lowest BCUT2D eigenvalue weighted by Crippen LogP contribution is -2.49. The third-order valence-electron chi connectivity index (χ3n) is 3.96. The fourth-order valence-electron chi connectivity index (χ4n) is 2.73. The fraction of sp³-hybridized carbons (Fsp3) is 0.400. The predicted molar refractivity (Wildman–Crippen MR) is 93.6 cm³/mol. The highest BCUT2D eigenvalue weighted by Gasteiger charge is 2.34. The Morgan fingerprint density at radius 2 is 2.00 bits per heavy atom. The van der Waals surface area contributed by atoms with Crippen molar-refractivity contribution in [2.75, 3.05) is 19.6 Å². The van der Waals surface area contributed by atoms with Gasteiger partial charge in [-0.3, -0.25) is 9.78 Å². The number of amides is 1. The molecule has 0 aromatic carbocycles. The average molecular weight is 412 g/mol. The first-order chi connectivity index (χ1) is 11.4. The van der Waals surface area contributed by atoms with Crippen molar-refractivity contribution in [3.05, 3.63) is 47.8 Å². The molecule has 0 saturated carbocycles. The number of nitrogens with zero attached hydrogens (tertiary/aromatic N) is 4. The third-order valence-corrected chi connectivity index (χ3v) is 3.96. The van der Waals surface area contributed by atoms with Crippen LogP contribution in [-0.4, -0.2) is 45.0 Å². The minimum absolute atomic E-state index is 0. The molecule has 1 amide bonds. The lowest BCUT2D eigenvalue weighted by molar-refractivity contribution is -0.141. The lowest BCUT2D eigenvalue weighted by Gasteiger charge is -2.35. The number of piperazine rings is 1. The maximum absolute atomic E-state index is 12.7. The summed E-state index contributed by atoms with van der Waals surface area (Å²) in [6.07, 6.45) is -0.118. The first kappa shape index (κ1) is 22.2. The zero-order valence-electron chi connectivity index (χ0n) is 13.7. The van der Waals surface area contributed by atoms with E-state index in [9.17, 15) is 18.0 Å². The maximum Gasteiger partial charge on any atom is 0.433 e. The molecule has 0 radical (unpaired) electrons. The molecule has 0 aliphatic carbocycles. The number of pyridine rings is 1. The van der Waals surface area contributed by atoms with Gasteiger partial charge in [0.1, 0.15) is 17.6 Å². The first-order valence-electron chi connectivity index (χ1n) is 7.40. The fourth-order valence-corrected chi connectivity index (χ4v) is 2.73. The standard InChI is InChI=1S/C15H16F3N5O.2ClH/c1-22-6-5-20-13(22)11-9-19-4-7-23(11)14(24)10-2-3-12(21-8-10)15(16,17)18;;/h2-3,5-6,8,11,19H,4,7,9H2,1H3;2*1H. The quantitative estimate of drug-likeness (QED) is 0.824. The van der Waals surface area contributed by atoms with E-state index in [2.05, 4.69) is 15.3 Å². The number of imidazole rings is 1. The van der Waals surface area contributed by atoms with Gasteiger partial charge in [0.05, 0.1) is 5.56 Å². The summed E-state index contributed by atoms with van der Waals surface area (Å²) in [5.74, 6) is 0.362. The van der Waals surface area contributed by atoms with Crippen LogP contribution in [0.25, 0.3) is 0 Å². The molecule has 1 atom stereocenters. The van der Waals surface area contributed by atoms with Crippen molar-refractivity contribution in [3.63, 3.8) is 0 Å². The molecular weight excluding hydrogens is 394 g/mol. The third kappa shape index (κ3) is 4.46. The Morgan fingerprint density at radius 1 is 1.27 bits per heavy atom. The van der Waals surface area contributed by atoms with Crippen LogP contribution < -0.4 is 5.32 Å². The zero-order chi connectivity index (χ0) is 17.3. The van der Waals surface area contributed by atoms with Gasteiger partial charge in [0.2, 0.25) is 0 Å². The summed E-state index contributed by atoms with van der Waals surface area (Å²) in [5.41, 5.74) is -0.885. The number of carbonyl (C=O) groups excluding carboxylic acids is 1. The Balaban J connectivity index is 0.00000169. The molecule has 2 aromatic heterocycles. The van der Waals surface area contributed by atoms with Crippen molar-refractivity contribution in [1.29, 1.82) is 0 Å². The molecule has 26 heavy (non-hydrogen) atoms. The second kappa shape index (κ2) is 8.70. The Labute approximate surface area is 160 Å². The summed E-state index contributed by atoms with van der Waals surface area (Å²) in [5, 5.41) is 3.20. The highest BCUT2D eigenvalue weighted by atomic mass is 35.5. The van der Waals surface area contributed by atoms with Crippen LogP contribution in [0.5, 0.6) is 0 Å². The van der Waals surface area contributed by atoms with E-state index in [1.54, 1.807) is 17.3 Å². The normalized spacial score (nSPS) is 17.2. The molecule has 0 spiro atoms. The summed E-state index contributed by atoms with van der Waals surface area (Å²) in [6.45, 7) is 1.59. The SMILES string of the molecule is Cl.Cl.Cn1ccnc1C1CNCCN1C(=O)c1ccc(C(F)(F)F)nc1. The number of alkyl halides is 3. The topological polar surface area (TPSA) is 63.1 Å². The smallest absolute Gasteiger partial charge is 0.336 e. The Bertz CT molecular complexity index is 736. The van der Waals surface area contributed by atoms with Gasteiger partial charge in [-0.05, 0) is 12.1 Å². The van der Waals surface area contributed by atoms with Gasteiger partial charge in [-0.15, -0.1) is 24.8 Å². The molecular formula is C15H18Cl2F3N5O. The van der Waals surface area contributed by atoms with E-state index >= 15 is 0 Å². The largest absolute Gasteiger partial charge is 0.433 e. The van der Waals surface area contributed by atoms with Gasteiger partial charge in [-0.1, -0.05) is 0 Å². The number of rotatable bonds is 2. The number of carbonyl (C=O) groups is 1. The molecule has 0 bridgehead atoms. The lowest BCUT2D eigenvalue weighted by atomic mass is 10.1. The highest BCUT2D eigenvalue weighted by molar-refractivity contribution is 5.94. The summed E-state index contributed by atoms with van der Waals surface area (Å²) >= 11 is 0. The number of hydrogen-bond donors (Lipinski definition) is 1. The van der Waals surface area contributed by atoms with E-state index in [-0.39, 0.29) is 42.3 Å². The summed E-state index contributed by atoms with van der Waals surface area (Å²) in [4.78, 5) is 22.0. The molecule has 144 valence electrons. The van der Waals surface area contributed by atoms with Crippen molar-refractivity contribution in [3.8, 4) is 0 Å². The molecule has 2 aromatic rings. The van der Waals surface area contributed by atoms with Crippen LogP contribution in [0.1, 0.15) is 27.9 Å². The Morgan fingerprint density at radius 3 is 2.54 bits per heavy atom. The van der Waals surface area contributed by atoms with Crippen LogP contribution in [0, 0.1) is 0 Å². The second-order valence-electron chi connectivity index (χ2n) is 5.54. The van der Waals surface area contributed by atoms with Crippen LogP contribution in [0.15, 0.2) is 30.7 Å². The summed E-state index contributed by atoms with van der Waals surface area (Å²) in [7, 11) is 1.83. The molecule has 11 heteroatoms. The first-order valence-corrected chi connectivity index (χ1v) is 7.40. The molecule has 6 nitrogen and oxygen atoms in total. The maximum atomic E-state index is 12.7. The number of halogens is 5. The van der Waals surface area contributed by atoms with Crippen molar-refractivity contribution < 1.29 is 18.0 Å². The molecule has 1 aliphatic rings. The van der Waals surface area contributed by atoms with E-state index < -0.39 is 11.9 Å². The van der Waals surface area contributed by atoms with Crippen LogP contribution in [0.2, 0.25) is 0 Å². The summed E-state index contributed by atoms with van der Waals surface area (Å²) in [6, 6.07) is 1.70. The second-order valence-corrected chi connectivity index (χ2v) is 5.54. The van der Waals surface area contributed by atoms with E-state index in [0.717, 1.165) is 24.2 Å². The average Bonchev–Trinajstić information content (AvgIpc) is 2.99. The van der Waals surface area contributed by atoms with Crippen molar-refractivity contribution in [1.82, 2.24) is 24.8 Å². The minimum Gasteiger partial charge on any atom is -0.336 e. The van der Waals surface area contributed by atoms with Crippen molar-refractivity contribution >= 4 is 30.7 Å². The van der Waals surface area contributed by atoms with Gasteiger partial charge >= 0.3 is 6.18 Å². The van der Waals surface area contributed by atoms with Crippen molar-refractivity contribution in [2.24, 2.45) is 7.05 Å². The number of aromatic nitrogens is 3. The zero-order valence-corrected chi connectivity index (χ0v) is 15.4. The number of nitrogens with one attached hydrogen (secondary N) is 1. The molecule has 1 N–H and O–H groups in total. The molecule has 1 fully saturated rings. The summed E-state index contributed by atoms with van der Waals surface area (Å²) < 4.78 is 39.6. The van der Waals surface area contributed by atoms with E-state index in [4.69, 9.17) is 0 Å². The Kier molecular flexibility index (Phi) is 7.43. The van der Waals surface area contributed by atoms with E-state index in [0.29, 0.717) is 19.6 Å². The monoisotopic (exact) mass is 411 g/mol. The van der Waals surface area contributed by atoms with Gasteiger partial charge in [-0.25, -0.2) is 4.98 Å². The molecule has 1 aliphatic heterocycles. The van der Waals surface area contributed by atoms with Crippen LogP contribution >= 0.6 is 24.8 Å².